The average Bonchev–Trinajstić information content (AvgIpc) is 2.66. The molecule has 1 heterocycles. The quantitative estimate of drug-likeness (QED) is 0.727. The molecule has 0 saturated heterocycles. The number of H-pyrrole nitrogens is 1. The first-order valence-corrected chi connectivity index (χ1v) is 8.86. The Balaban J connectivity index is 1.80. The van der Waals surface area contributed by atoms with Gasteiger partial charge in [-0.1, -0.05) is 37.3 Å². The Hall–Kier alpha value is -3.08. The Labute approximate surface area is 152 Å². The lowest BCUT2D eigenvalue weighted by molar-refractivity contribution is 0.212. The molecule has 0 radical (unpaired) electrons. The van der Waals surface area contributed by atoms with E-state index in [9.17, 15) is 9.59 Å². The highest BCUT2D eigenvalue weighted by Gasteiger charge is 2.14. The summed E-state index contributed by atoms with van der Waals surface area (Å²) in [5, 5.41) is 3.88. The summed E-state index contributed by atoms with van der Waals surface area (Å²) in [6, 6.07) is 16.9. The van der Waals surface area contributed by atoms with Crippen LogP contribution in [0.1, 0.15) is 25.0 Å². The van der Waals surface area contributed by atoms with E-state index in [-0.39, 0.29) is 11.6 Å². The van der Waals surface area contributed by atoms with E-state index in [1.54, 1.807) is 11.0 Å². The summed E-state index contributed by atoms with van der Waals surface area (Å²) < 4.78 is 0. The first kappa shape index (κ1) is 17.7. The minimum atomic E-state index is -0.180. The maximum atomic E-state index is 12.7. The van der Waals surface area contributed by atoms with Gasteiger partial charge >= 0.3 is 6.03 Å². The van der Waals surface area contributed by atoms with Crippen molar-refractivity contribution in [3.8, 4) is 0 Å². The van der Waals surface area contributed by atoms with Crippen LogP contribution in [0.3, 0.4) is 0 Å². The van der Waals surface area contributed by atoms with Crippen molar-refractivity contribution in [1.29, 1.82) is 0 Å². The van der Waals surface area contributed by atoms with Crippen LogP contribution in [0.5, 0.6) is 0 Å². The van der Waals surface area contributed by atoms with Gasteiger partial charge in [0.1, 0.15) is 0 Å². The lowest BCUT2D eigenvalue weighted by atomic mass is 10.1. The van der Waals surface area contributed by atoms with Crippen LogP contribution in [0.2, 0.25) is 0 Å². The molecule has 0 saturated carbocycles. The van der Waals surface area contributed by atoms with Crippen molar-refractivity contribution in [2.75, 3.05) is 11.9 Å². The number of amides is 2. The van der Waals surface area contributed by atoms with Crippen molar-refractivity contribution in [1.82, 2.24) is 9.88 Å². The van der Waals surface area contributed by atoms with Gasteiger partial charge in [0.05, 0.1) is 0 Å². The molecule has 1 aromatic heterocycles. The number of aryl methyl sites for hydroxylation is 1. The first-order valence-electron chi connectivity index (χ1n) is 8.86. The molecule has 0 aliphatic carbocycles. The summed E-state index contributed by atoms with van der Waals surface area (Å²) in [5.41, 5.74) is 3.45. The molecule has 0 fully saturated rings. The molecule has 2 N–H and O–H groups in total. The number of urea groups is 1. The minimum Gasteiger partial charge on any atom is -0.322 e. The van der Waals surface area contributed by atoms with E-state index >= 15 is 0 Å². The van der Waals surface area contributed by atoms with Crippen molar-refractivity contribution in [2.24, 2.45) is 0 Å². The molecular formula is C21H23N3O2. The number of hydrogen-bond acceptors (Lipinski definition) is 2. The fourth-order valence-electron chi connectivity index (χ4n) is 2.97. The number of nitrogens with one attached hydrogen (secondary N) is 2. The monoisotopic (exact) mass is 349 g/mol. The molecule has 26 heavy (non-hydrogen) atoms. The molecule has 0 atom stereocenters. The zero-order valence-electron chi connectivity index (χ0n) is 15.1. The molecule has 3 aromatic rings. The van der Waals surface area contributed by atoms with Crippen molar-refractivity contribution < 1.29 is 4.79 Å². The minimum absolute atomic E-state index is 0.162. The normalized spacial score (nSPS) is 10.7. The summed E-state index contributed by atoms with van der Waals surface area (Å²) in [6.45, 7) is 4.94. The number of nitrogens with zero attached hydrogens (tertiary/aromatic N) is 1. The second-order valence-corrected chi connectivity index (χ2v) is 6.20. The van der Waals surface area contributed by atoms with Gasteiger partial charge in [0.15, 0.2) is 0 Å². The summed E-state index contributed by atoms with van der Waals surface area (Å²) in [6.07, 6.45) is 0.963. The second-order valence-electron chi connectivity index (χ2n) is 6.20. The number of carbonyl (C=O) groups excluding carboxylic acids is 1. The van der Waals surface area contributed by atoms with Crippen LogP contribution in [0.4, 0.5) is 10.5 Å². The molecule has 2 aromatic carbocycles. The summed E-state index contributed by atoms with van der Waals surface area (Å²) in [5.74, 6) is 0. The lowest BCUT2D eigenvalue weighted by Gasteiger charge is -2.22. The highest BCUT2D eigenvalue weighted by atomic mass is 16.2. The third-order valence-electron chi connectivity index (χ3n) is 4.48. The van der Waals surface area contributed by atoms with Crippen molar-refractivity contribution in [3.05, 3.63) is 76.1 Å². The average molecular weight is 349 g/mol. The van der Waals surface area contributed by atoms with Crippen molar-refractivity contribution >= 4 is 22.6 Å². The third-order valence-corrected chi connectivity index (χ3v) is 4.48. The van der Waals surface area contributed by atoms with Gasteiger partial charge < -0.3 is 15.2 Å². The maximum Gasteiger partial charge on any atom is 0.322 e. The highest BCUT2D eigenvalue weighted by Crippen LogP contribution is 2.17. The summed E-state index contributed by atoms with van der Waals surface area (Å²) in [7, 11) is 0. The Kier molecular flexibility index (Phi) is 5.37. The standard InChI is InChI=1S/C21H23N3O2/c1-3-15-9-11-17(12-10-15)22-21(26)24(4-2)14-16-13-20(25)23-19-8-6-5-7-18(16)19/h5-13H,3-4,14H2,1-2H3,(H,22,26)(H,23,25). The van der Waals surface area contributed by atoms with Crippen LogP contribution >= 0.6 is 0 Å². The SMILES string of the molecule is CCc1ccc(NC(=O)N(CC)Cc2cc(=O)[nH]c3ccccc23)cc1. The Bertz CT molecular complexity index is 961. The van der Waals surface area contributed by atoms with E-state index in [0.29, 0.717) is 13.1 Å². The van der Waals surface area contributed by atoms with Crippen LogP contribution in [0.25, 0.3) is 10.9 Å². The largest absolute Gasteiger partial charge is 0.322 e. The fourth-order valence-corrected chi connectivity index (χ4v) is 2.97. The van der Waals surface area contributed by atoms with Gasteiger partial charge in [-0.15, -0.1) is 0 Å². The second kappa shape index (κ2) is 7.87. The molecular weight excluding hydrogens is 326 g/mol. The van der Waals surface area contributed by atoms with Crippen LogP contribution < -0.4 is 10.9 Å². The molecule has 0 bridgehead atoms. The molecule has 134 valence electrons. The Morgan fingerprint density at radius 1 is 1.08 bits per heavy atom. The topological polar surface area (TPSA) is 65.2 Å². The zero-order chi connectivity index (χ0) is 18.5. The van der Waals surface area contributed by atoms with E-state index in [4.69, 9.17) is 0 Å². The van der Waals surface area contributed by atoms with Crippen LogP contribution in [-0.4, -0.2) is 22.5 Å². The number of aromatic amines is 1. The van der Waals surface area contributed by atoms with Gasteiger partial charge in [0.2, 0.25) is 5.56 Å². The Morgan fingerprint density at radius 2 is 1.81 bits per heavy atom. The van der Waals surface area contributed by atoms with E-state index in [2.05, 4.69) is 17.2 Å². The molecule has 3 rings (SSSR count). The molecule has 0 spiro atoms. The molecule has 5 heteroatoms. The number of rotatable bonds is 5. The van der Waals surface area contributed by atoms with E-state index in [0.717, 1.165) is 28.6 Å². The number of hydrogen-bond donors (Lipinski definition) is 2. The Morgan fingerprint density at radius 3 is 2.50 bits per heavy atom. The number of pyridine rings is 1. The van der Waals surface area contributed by atoms with E-state index in [1.165, 1.54) is 5.56 Å². The fraction of sp³-hybridized carbons (Fsp3) is 0.238. The molecule has 0 unspecified atom stereocenters. The highest BCUT2D eigenvalue weighted by molar-refractivity contribution is 5.90. The number of para-hydroxylation sites is 1. The maximum absolute atomic E-state index is 12.7. The van der Waals surface area contributed by atoms with Crippen LogP contribution in [0.15, 0.2) is 59.4 Å². The zero-order valence-corrected chi connectivity index (χ0v) is 15.1. The summed E-state index contributed by atoms with van der Waals surface area (Å²) >= 11 is 0. The van der Waals surface area contributed by atoms with Gasteiger partial charge in [-0.05, 0) is 42.7 Å². The number of fused-ring (bicyclic) bond motifs is 1. The van der Waals surface area contributed by atoms with Gasteiger partial charge in [0, 0.05) is 35.7 Å². The van der Waals surface area contributed by atoms with Crippen molar-refractivity contribution in [3.63, 3.8) is 0 Å². The van der Waals surface area contributed by atoms with Crippen LogP contribution in [-0.2, 0) is 13.0 Å². The van der Waals surface area contributed by atoms with E-state index in [1.807, 2.05) is 55.5 Å². The van der Waals surface area contributed by atoms with Crippen molar-refractivity contribution in [2.45, 2.75) is 26.8 Å². The van der Waals surface area contributed by atoms with Gasteiger partial charge in [0.25, 0.3) is 0 Å². The number of anilines is 1. The van der Waals surface area contributed by atoms with Crippen LogP contribution in [0, 0.1) is 0 Å². The molecule has 0 aliphatic heterocycles. The first-order chi connectivity index (χ1) is 12.6. The predicted octanol–water partition coefficient (Wildman–Crippen LogP) is 4.14. The number of aromatic nitrogens is 1. The van der Waals surface area contributed by atoms with Gasteiger partial charge in [-0.2, -0.15) is 0 Å². The number of benzene rings is 2. The number of carbonyl (C=O) groups is 1. The molecule has 5 nitrogen and oxygen atoms in total. The molecule has 2 amide bonds. The summed E-state index contributed by atoms with van der Waals surface area (Å²) in [4.78, 5) is 29.1. The third kappa shape index (κ3) is 3.94. The van der Waals surface area contributed by atoms with Gasteiger partial charge in [-0.25, -0.2) is 4.79 Å². The smallest absolute Gasteiger partial charge is 0.322 e. The lowest BCUT2D eigenvalue weighted by Crippen LogP contribution is -2.34. The molecule has 0 aliphatic rings. The van der Waals surface area contributed by atoms with Gasteiger partial charge in [-0.3, -0.25) is 4.79 Å². The predicted molar refractivity (Wildman–Crippen MR) is 105 cm³/mol. The van der Waals surface area contributed by atoms with E-state index < -0.39 is 0 Å².